The Morgan fingerprint density at radius 1 is 1.15 bits per heavy atom. The second kappa shape index (κ2) is 4.07. The third-order valence-corrected chi connectivity index (χ3v) is 5.04. The fourth-order valence-corrected chi connectivity index (χ4v) is 2.57. The summed E-state index contributed by atoms with van der Waals surface area (Å²) in [5.74, 6) is 0. The van der Waals surface area contributed by atoms with Gasteiger partial charge in [0.15, 0.2) is 0 Å². The highest BCUT2D eigenvalue weighted by Gasteiger charge is 2.66. The van der Waals surface area contributed by atoms with Crippen LogP contribution in [0.25, 0.3) is 0 Å². The van der Waals surface area contributed by atoms with Crippen molar-refractivity contribution < 1.29 is 9.31 Å². The maximum atomic E-state index is 6.22. The van der Waals surface area contributed by atoms with Crippen LogP contribution in [0.4, 0.5) is 0 Å². The lowest BCUT2D eigenvalue weighted by atomic mass is 9.66. The molecule has 0 unspecified atom stereocenters. The minimum Gasteiger partial charge on any atom is -0.403 e. The van der Waals surface area contributed by atoms with E-state index in [9.17, 15) is 0 Å². The van der Waals surface area contributed by atoms with Gasteiger partial charge in [0.25, 0.3) is 0 Å². The highest BCUT2D eigenvalue weighted by Crippen LogP contribution is 2.54. The molecule has 1 saturated carbocycles. The van der Waals surface area contributed by atoms with Crippen molar-refractivity contribution in [2.75, 3.05) is 0 Å². The summed E-state index contributed by atoms with van der Waals surface area (Å²) in [6, 6.07) is 0.324. The first-order valence-electron chi connectivity index (χ1n) is 7.46. The highest BCUT2D eigenvalue weighted by atomic mass is 16.7. The number of aromatic nitrogens is 3. The van der Waals surface area contributed by atoms with Gasteiger partial charge in [0.2, 0.25) is 0 Å². The summed E-state index contributed by atoms with van der Waals surface area (Å²) in [6.45, 7) is 12.6. The topological polar surface area (TPSA) is 49.2 Å². The summed E-state index contributed by atoms with van der Waals surface area (Å²) < 4.78 is 14.3. The van der Waals surface area contributed by atoms with Crippen LogP contribution in [-0.2, 0) is 14.6 Å². The van der Waals surface area contributed by atoms with E-state index in [1.54, 1.807) is 0 Å². The average Bonchev–Trinajstić information content (AvgIpc) is 2.90. The second-order valence-electron chi connectivity index (χ2n) is 7.42. The lowest BCUT2D eigenvalue weighted by molar-refractivity contribution is 0.00578. The Bertz CT molecular complexity index is 504. The second-order valence-corrected chi connectivity index (χ2v) is 7.42. The summed E-state index contributed by atoms with van der Waals surface area (Å²) in [6.07, 6.45) is 4.16. The minimum atomic E-state index is -0.290. The maximum absolute atomic E-state index is 6.22. The molecule has 0 radical (unpaired) electrons. The van der Waals surface area contributed by atoms with Gasteiger partial charge in [-0.25, -0.2) is 4.68 Å². The summed E-state index contributed by atoms with van der Waals surface area (Å²) in [5, 5.41) is 8.49. The Balaban J connectivity index is 1.87. The Morgan fingerprint density at radius 2 is 1.70 bits per heavy atom. The third-order valence-electron chi connectivity index (χ3n) is 5.04. The van der Waals surface area contributed by atoms with Gasteiger partial charge in [-0.1, -0.05) is 5.21 Å². The SMILES string of the molecule is CC(C)n1cc(C2(B3OC(C)(C)C(C)(C)O3)CC2)nn1. The quantitative estimate of drug-likeness (QED) is 0.796. The Hall–Kier alpha value is -0.875. The molecule has 6 heteroatoms. The molecule has 1 aliphatic carbocycles. The molecule has 3 rings (SSSR count). The Morgan fingerprint density at radius 3 is 2.10 bits per heavy atom. The van der Waals surface area contributed by atoms with Crippen LogP contribution < -0.4 is 0 Å². The van der Waals surface area contributed by atoms with Gasteiger partial charge >= 0.3 is 7.12 Å². The molecule has 2 heterocycles. The summed E-state index contributed by atoms with van der Waals surface area (Å²) in [4.78, 5) is 0. The predicted octanol–water partition coefficient (Wildman–Crippen LogP) is 2.52. The van der Waals surface area contributed by atoms with Crippen LogP contribution in [0.2, 0.25) is 0 Å². The molecular formula is C14H24BN3O2. The molecule has 110 valence electrons. The van der Waals surface area contributed by atoms with Crippen LogP contribution in [0, 0.1) is 0 Å². The van der Waals surface area contributed by atoms with Crippen molar-refractivity contribution in [1.29, 1.82) is 0 Å². The van der Waals surface area contributed by atoms with Gasteiger partial charge in [-0.3, -0.25) is 0 Å². The molecule has 1 aromatic heterocycles. The molecule has 20 heavy (non-hydrogen) atoms. The lowest BCUT2D eigenvalue weighted by Gasteiger charge is -2.32. The predicted molar refractivity (Wildman–Crippen MR) is 77.4 cm³/mol. The van der Waals surface area contributed by atoms with Crippen molar-refractivity contribution in [2.24, 2.45) is 0 Å². The van der Waals surface area contributed by atoms with E-state index < -0.39 is 0 Å². The summed E-state index contributed by atoms with van der Waals surface area (Å²) in [7, 11) is -0.218. The van der Waals surface area contributed by atoms with E-state index in [2.05, 4.69) is 51.9 Å². The van der Waals surface area contributed by atoms with Crippen LogP contribution >= 0.6 is 0 Å². The van der Waals surface area contributed by atoms with Crippen molar-refractivity contribution in [3.05, 3.63) is 11.9 Å². The van der Waals surface area contributed by atoms with Crippen molar-refractivity contribution in [2.45, 2.75) is 76.9 Å². The van der Waals surface area contributed by atoms with E-state index >= 15 is 0 Å². The molecule has 1 aromatic rings. The van der Waals surface area contributed by atoms with Crippen LogP contribution in [0.3, 0.4) is 0 Å². The van der Waals surface area contributed by atoms with Gasteiger partial charge in [-0.15, -0.1) is 5.10 Å². The molecule has 0 bridgehead atoms. The third kappa shape index (κ3) is 1.92. The van der Waals surface area contributed by atoms with E-state index in [4.69, 9.17) is 9.31 Å². The molecule has 0 amide bonds. The molecular weight excluding hydrogens is 253 g/mol. The van der Waals surface area contributed by atoms with E-state index in [1.165, 1.54) is 0 Å². The molecule has 0 atom stereocenters. The first-order valence-corrected chi connectivity index (χ1v) is 7.46. The van der Waals surface area contributed by atoms with Crippen molar-refractivity contribution in [3.63, 3.8) is 0 Å². The smallest absolute Gasteiger partial charge is 0.403 e. The van der Waals surface area contributed by atoms with Gasteiger partial charge in [0.1, 0.15) is 0 Å². The van der Waals surface area contributed by atoms with Gasteiger partial charge in [0.05, 0.1) is 22.2 Å². The monoisotopic (exact) mass is 277 g/mol. The fraction of sp³-hybridized carbons (Fsp3) is 0.857. The zero-order valence-corrected chi connectivity index (χ0v) is 13.3. The zero-order chi connectivity index (χ0) is 14.8. The Kier molecular flexibility index (Phi) is 2.87. The Labute approximate surface area is 121 Å². The van der Waals surface area contributed by atoms with Gasteiger partial charge < -0.3 is 9.31 Å². The van der Waals surface area contributed by atoms with Gasteiger partial charge in [-0.2, -0.15) is 0 Å². The molecule has 1 aliphatic heterocycles. The van der Waals surface area contributed by atoms with Crippen LogP contribution in [0.15, 0.2) is 6.20 Å². The first-order chi connectivity index (χ1) is 9.18. The fourth-order valence-electron chi connectivity index (χ4n) is 2.57. The van der Waals surface area contributed by atoms with E-state index in [1.807, 2.05) is 10.9 Å². The molecule has 0 N–H and O–H groups in total. The number of hydrogen-bond donors (Lipinski definition) is 0. The van der Waals surface area contributed by atoms with E-state index in [0.717, 1.165) is 18.5 Å². The van der Waals surface area contributed by atoms with Crippen molar-refractivity contribution in [1.82, 2.24) is 15.0 Å². The number of rotatable bonds is 3. The normalized spacial score (nSPS) is 26.2. The van der Waals surface area contributed by atoms with Gasteiger partial charge in [0, 0.05) is 12.2 Å². The van der Waals surface area contributed by atoms with Crippen molar-refractivity contribution in [3.8, 4) is 0 Å². The van der Waals surface area contributed by atoms with E-state index in [0.29, 0.717) is 6.04 Å². The van der Waals surface area contributed by atoms with Crippen LogP contribution in [-0.4, -0.2) is 33.3 Å². The highest BCUT2D eigenvalue weighted by molar-refractivity contribution is 6.51. The number of nitrogens with zero attached hydrogens (tertiary/aromatic N) is 3. The molecule has 0 aromatic carbocycles. The first kappa shape index (κ1) is 14.1. The minimum absolute atomic E-state index is 0.0990. The lowest BCUT2D eigenvalue weighted by Crippen LogP contribution is -2.41. The molecule has 2 fully saturated rings. The number of hydrogen-bond acceptors (Lipinski definition) is 4. The van der Waals surface area contributed by atoms with E-state index in [-0.39, 0.29) is 23.6 Å². The van der Waals surface area contributed by atoms with Gasteiger partial charge in [-0.05, 0) is 54.4 Å². The largest absolute Gasteiger partial charge is 0.470 e. The van der Waals surface area contributed by atoms with Crippen LogP contribution in [0.5, 0.6) is 0 Å². The molecule has 0 spiro atoms. The molecule has 5 nitrogen and oxygen atoms in total. The summed E-state index contributed by atoms with van der Waals surface area (Å²) in [5.41, 5.74) is 0.424. The van der Waals surface area contributed by atoms with Crippen LogP contribution in [0.1, 0.15) is 66.1 Å². The standard InChI is InChI=1S/C14H24BN3O2/c1-10(2)18-9-11(16-17-18)14(7-8-14)15-19-12(3,4)13(5,6)20-15/h9-10H,7-8H2,1-6H3. The maximum Gasteiger partial charge on any atom is 0.470 e. The molecule has 2 aliphatic rings. The van der Waals surface area contributed by atoms with Crippen molar-refractivity contribution >= 4 is 7.12 Å². The molecule has 1 saturated heterocycles. The summed E-state index contributed by atoms with van der Waals surface area (Å²) >= 11 is 0. The zero-order valence-electron chi connectivity index (χ0n) is 13.3. The average molecular weight is 277 g/mol.